The summed E-state index contributed by atoms with van der Waals surface area (Å²) in [5.41, 5.74) is 1.97. The minimum Gasteiger partial charge on any atom is -0.496 e. The lowest BCUT2D eigenvalue weighted by Crippen LogP contribution is -2.33. The van der Waals surface area contributed by atoms with Crippen molar-refractivity contribution in [3.05, 3.63) is 51.6 Å². The molecule has 1 aromatic carbocycles. The van der Waals surface area contributed by atoms with Gasteiger partial charge in [-0.3, -0.25) is 19.7 Å². The van der Waals surface area contributed by atoms with Gasteiger partial charge in [0.15, 0.2) is 0 Å². The Morgan fingerprint density at radius 2 is 1.69 bits per heavy atom. The van der Waals surface area contributed by atoms with Crippen molar-refractivity contribution in [2.45, 2.75) is 13.8 Å². The summed E-state index contributed by atoms with van der Waals surface area (Å²) < 4.78 is 5.03. The number of fused-ring (bicyclic) bond motifs is 5. The molecule has 134 valence electrons. The quantitative estimate of drug-likeness (QED) is 0.360. The van der Waals surface area contributed by atoms with E-state index < -0.39 is 16.8 Å². The topological polar surface area (TPSA) is 89.8 Å². The zero-order chi connectivity index (χ0) is 18.7. The number of rotatable bonds is 3. The highest BCUT2D eigenvalue weighted by Crippen LogP contribution is 2.57. The monoisotopic (exact) mass is 354 g/mol. The molecule has 7 heteroatoms. The van der Waals surface area contributed by atoms with E-state index in [1.807, 2.05) is 26.0 Å². The summed E-state index contributed by atoms with van der Waals surface area (Å²) in [5.74, 6) is -1.53. The summed E-state index contributed by atoms with van der Waals surface area (Å²) in [5, 5.41) is 11.5. The fourth-order valence-electron chi connectivity index (χ4n) is 4.63. The van der Waals surface area contributed by atoms with E-state index in [4.69, 9.17) is 4.74 Å². The maximum absolute atomic E-state index is 13.1. The first-order chi connectivity index (χ1) is 12.4. The second-order valence-corrected chi connectivity index (χ2v) is 7.07. The average Bonchev–Trinajstić information content (AvgIpc) is 3.24. The number of hydrogen-bond donors (Lipinski definition) is 0. The molecule has 0 spiro atoms. The molecule has 0 N–H and O–H groups in total. The highest BCUT2D eigenvalue weighted by Gasteiger charge is 2.62. The number of carbonyl (C=O) groups excluding carboxylic acids is 2. The van der Waals surface area contributed by atoms with E-state index >= 15 is 0 Å². The van der Waals surface area contributed by atoms with E-state index in [0.717, 1.165) is 16.0 Å². The highest BCUT2D eigenvalue weighted by atomic mass is 16.6. The first-order valence-corrected chi connectivity index (χ1v) is 8.42. The first kappa shape index (κ1) is 16.5. The third-order valence-electron chi connectivity index (χ3n) is 5.61. The molecule has 0 radical (unpaired) electrons. The van der Waals surface area contributed by atoms with Gasteiger partial charge >= 0.3 is 0 Å². The van der Waals surface area contributed by atoms with Crippen LogP contribution in [0.3, 0.4) is 0 Å². The van der Waals surface area contributed by atoms with Gasteiger partial charge in [-0.15, -0.1) is 0 Å². The number of amides is 2. The lowest BCUT2D eigenvalue weighted by molar-refractivity contribution is -0.384. The fraction of sp³-hybridized carbons (Fsp3) is 0.368. The first-order valence-electron chi connectivity index (χ1n) is 8.42. The molecule has 4 rings (SSSR count). The number of ether oxygens (including phenoxy) is 1. The molecule has 2 fully saturated rings. The number of allylic oxidation sites excluding steroid dienone is 4. The van der Waals surface area contributed by atoms with Gasteiger partial charge < -0.3 is 4.74 Å². The Balaban J connectivity index is 1.79. The third-order valence-corrected chi connectivity index (χ3v) is 5.61. The van der Waals surface area contributed by atoms with Crippen molar-refractivity contribution in [3.8, 4) is 5.75 Å². The SMILES string of the molecule is COc1ccc(N2C(=O)[C@@H]3[C@H](C2=O)[C@H]2C=C[C@H]3C2=C(C)C)c([N+](=O)[O-])c1. The van der Waals surface area contributed by atoms with Crippen LogP contribution in [0.2, 0.25) is 0 Å². The van der Waals surface area contributed by atoms with Gasteiger partial charge in [-0.2, -0.15) is 0 Å². The van der Waals surface area contributed by atoms with E-state index in [1.165, 1.54) is 25.3 Å². The number of anilines is 1. The molecule has 4 atom stereocenters. The van der Waals surface area contributed by atoms with Crippen molar-refractivity contribution < 1.29 is 19.2 Å². The zero-order valence-electron chi connectivity index (χ0n) is 14.6. The van der Waals surface area contributed by atoms with E-state index in [2.05, 4.69) is 0 Å². The minimum absolute atomic E-state index is 0.0124. The molecule has 1 aliphatic heterocycles. The Labute approximate surface area is 150 Å². The molecule has 1 aromatic rings. The molecule has 2 amide bonds. The van der Waals surface area contributed by atoms with Crippen LogP contribution in [0.1, 0.15) is 13.8 Å². The second-order valence-electron chi connectivity index (χ2n) is 7.07. The summed E-state index contributed by atoms with van der Waals surface area (Å²) in [6, 6.07) is 4.16. The normalized spacial score (nSPS) is 28.7. The van der Waals surface area contributed by atoms with Crippen molar-refractivity contribution in [1.29, 1.82) is 0 Å². The molecular weight excluding hydrogens is 336 g/mol. The molecule has 0 aromatic heterocycles. The summed E-state index contributed by atoms with van der Waals surface area (Å²) in [7, 11) is 1.40. The van der Waals surface area contributed by atoms with E-state index in [0.29, 0.717) is 5.75 Å². The number of nitro groups is 1. The van der Waals surface area contributed by atoms with Crippen LogP contribution in [0.4, 0.5) is 11.4 Å². The molecule has 1 heterocycles. The van der Waals surface area contributed by atoms with Crippen molar-refractivity contribution in [2.75, 3.05) is 12.0 Å². The highest BCUT2D eigenvalue weighted by molar-refractivity contribution is 6.24. The van der Waals surface area contributed by atoms with Gasteiger partial charge in [0.1, 0.15) is 11.4 Å². The van der Waals surface area contributed by atoms with E-state index in [9.17, 15) is 19.7 Å². The molecule has 0 unspecified atom stereocenters. The number of methoxy groups -OCH3 is 1. The Bertz CT molecular complexity index is 879. The molecular formula is C19H18N2O5. The van der Waals surface area contributed by atoms with Crippen LogP contribution in [0.5, 0.6) is 5.75 Å². The van der Waals surface area contributed by atoms with Gasteiger partial charge in [-0.05, 0) is 26.0 Å². The smallest absolute Gasteiger partial charge is 0.297 e. The molecule has 1 saturated heterocycles. The zero-order valence-corrected chi connectivity index (χ0v) is 14.6. The summed E-state index contributed by atoms with van der Waals surface area (Å²) in [6.07, 6.45) is 3.98. The van der Waals surface area contributed by atoms with Crippen LogP contribution < -0.4 is 9.64 Å². The van der Waals surface area contributed by atoms with Crippen molar-refractivity contribution in [2.24, 2.45) is 23.7 Å². The van der Waals surface area contributed by atoms with Gasteiger partial charge in [0.25, 0.3) is 5.69 Å². The van der Waals surface area contributed by atoms with Gasteiger partial charge in [-0.25, -0.2) is 4.90 Å². The predicted molar refractivity (Wildman–Crippen MR) is 93.6 cm³/mol. The van der Waals surface area contributed by atoms with Crippen LogP contribution in [0.15, 0.2) is 41.5 Å². The maximum atomic E-state index is 13.1. The molecule has 7 nitrogen and oxygen atoms in total. The summed E-state index contributed by atoms with van der Waals surface area (Å²) in [4.78, 5) is 38.0. The number of hydrogen-bond acceptors (Lipinski definition) is 5. The summed E-state index contributed by atoms with van der Waals surface area (Å²) >= 11 is 0. The number of carbonyl (C=O) groups is 2. The van der Waals surface area contributed by atoms with Gasteiger partial charge in [0.2, 0.25) is 11.8 Å². The number of imide groups is 1. The third kappa shape index (κ3) is 2.00. The summed E-state index contributed by atoms with van der Waals surface area (Å²) in [6.45, 7) is 3.98. The van der Waals surface area contributed by atoms with E-state index in [-0.39, 0.29) is 35.0 Å². The van der Waals surface area contributed by atoms with Gasteiger partial charge in [0, 0.05) is 11.8 Å². The number of nitrogens with zero attached hydrogens (tertiary/aromatic N) is 2. The minimum atomic E-state index is -0.596. The fourth-order valence-corrected chi connectivity index (χ4v) is 4.63. The molecule has 26 heavy (non-hydrogen) atoms. The van der Waals surface area contributed by atoms with Gasteiger partial charge in [0.05, 0.1) is 29.9 Å². The maximum Gasteiger partial charge on any atom is 0.297 e. The molecule has 1 saturated carbocycles. The van der Waals surface area contributed by atoms with Gasteiger partial charge in [-0.1, -0.05) is 23.3 Å². The molecule has 3 aliphatic rings. The van der Waals surface area contributed by atoms with Crippen LogP contribution in [-0.2, 0) is 9.59 Å². The Hall–Kier alpha value is -2.96. The molecule has 2 bridgehead atoms. The Morgan fingerprint density at radius 3 is 2.15 bits per heavy atom. The van der Waals surface area contributed by atoms with Crippen molar-refractivity contribution >= 4 is 23.2 Å². The average molecular weight is 354 g/mol. The Kier molecular flexibility index (Phi) is 3.50. The molecule has 2 aliphatic carbocycles. The predicted octanol–water partition coefficient (Wildman–Crippen LogP) is 2.86. The number of nitro benzene ring substituents is 1. The second kappa shape index (κ2) is 5.52. The van der Waals surface area contributed by atoms with Crippen LogP contribution in [0.25, 0.3) is 0 Å². The van der Waals surface area contributed by atoms with Crippen LogP contribution >= 0.6 is 0 Å². The van der Waals surface area contributed by atoms with Crippen molar-refractivity contribution in [3.63, 3.8) is 0 Å². The number of benzene rings is 1. The lowest BCUT2D eigenvalue weighted by atomic mass is 9.85. The lowest BCUT2D eigenvalue weighted by Gasteiger charge is -2.19. The van der Waals surface area contributed by atoms with Crippen LogP contribution in [0, 0.1) is 33.8 Å². The van der Waals surface area contributed by atoms with Crippen LogP contribution in [-0.4, -0.2) is 23.8 Å². The van der Waals surface area contributed by atoms with Crippen molar-refractivity contribution in [1.82, 2.24) is 0 Å². The largest absolute Gasteiger partial charge is 0.496 e. The Morgan fingerprint density at radius 1 is 1.12 bits per heavy atom. The van der Waals surface area contributed by atoms with E-state index in [1.54, 1.807) is 0 Å². The standard InChI is InChI=1S/C19H18N2O5/c1-9(2)15-11-5-6-12(15)17-16(11)18(22)20(19(17)23)13-7-4-10(26-3)8-14(13)21(24)25/h4-8,11-12,16-17H,1-3H3/t11-,12-,16-,17+/m0/s1.